The second-order valence-corrected chi connectivity index (χ2v) is 3.73. The Bertz CT molecular complexity index is 234. The molecule has 0 saturated heterocycles. The Balaban J connectivity index is 2.73. The van der Waals surface area contributed by atoms with Gasteiger partial charge < -0.3 is 10.4 Å². The lowest BCUT2D eigenvalue weighted by Gasteiger charge is -1.99. The second-order valence-electron chi connectivity index (χ2n) is 3.73. The normalized spacial score (nSPS) is 30.9. The number of rotatable bonds is 2. The molecule has 0 radical (unpaired) electrons. The molecule has 12 heavy (non-hydrogen) atoms. The first-order chi connectivity index (χ1) is 5.42. The zero-order chi connectivity index (χ0) is 9.52. The third kappa shape index (κ3) is 1.07. The van der Waals surface area contributed by atoms with Crippen molar-refractivity contribution in [3.8, 4) is 0 Å². The van der Waals surface area contributed by atoms with Crippen molar-refractivity contribution >= 4 is 11.9 Å². The fourth-order valence-corrected chi connectivity index (χ4v) is 1.74. The summed E-state index contributed by atoms with van der Waals surface area (Å²) in [6.07, 6.45) is 0. The monoisotopic (exact) mass is 171 g/mol. The maximum atomic E-state index is 11.1. The van der Waals surface area contributed by atoms with Crippen molar-refractivity contribution in [2.24, 2.45) is 17.3 Å². The van der Waals surface area contributed by atoms with Crippen LogP contribution in [-0.2, 0) is 9.59 Å². The molecule has 2 atom stereocenters. The summed E-state index contributed by atoms with van der Waals surface area (Å²) in [7, 11) is 1.52. The lowest BCUT2D eigenvalue weighted by molar-refractivity contribution is -0.140. The number of aliphatic carboxylic acids is 1. The number of carboxylic acid groups (broad SMARTS) is 1. The number of carboxylic acids is 1. The first-order valence-corrected chi connectivity index (χ1v) is 3.87. The molecule has 0 aromatic carbocycles. The number of nitrogens with one attached hydrogen (secondary N) is 1. The van der Waals surface area contributed by atoms with Crippen molar-refractivity contribution in [1.29, 1.82) is 0 Å². The molecule has 1 aliphatic carbocycles. The molecule has 1 amide bonds. The van der Waals surface area contributed by atoms with Crippen molar-refractivity contribution in [2.45, 2.75) is 13.8 Å². The molecule has 0 aromatic heterocycles. The fourth-order valence-electron chi connectivity index (χ4n) is 1.74. The molecule has 1 fully saturated rings. The Morgan fingerprint density at radius 2 is 1.83 bits per heavy atom. The maximum absolute atomic E-state index is 11.1. The van der Waals surface area contributed by atoms with Gasteiger partial charge in [-0.15, -0.1) is 0 Å². The predicted molar refractivity (Wildman–Crippen MR) is 42.5 cm³/mol. The summed E-state index contributed by atoms with van der Waals surface area (Å²) in [6, 6.07) is 0. The standard InChI is InChI=1S/C8H13NO3/c1-8(2)4(6(10)9-3)5(8)7(11)12/h4-5H,1-3H3,(H,9,10)(H,11,12). The summed E-state index contributed by atoms with van der Waals surface area (Å²) in [4.78, 5) is 21.8. The van der Waals surface area contributed by atoms with Gasteiger partial charge in [0.05, 0.1) is 11.8 Å². The molecule has 0 bridgehead atoms. The zero-order valence-corrected chi connectivity index (χ0v) is 7.42. The summed E-state index contributed by atoms with van der Waals surface area (Å²) in [6.45, 7) is 3.59. The van der Waals surface area contributed by atoms with Crippen LogP contribution >= 0.6 is 0 Å². The van der Waals surface area contributed by atoms with E-state index in [0.29, 0.717) is 0 Å². The van der Waals surface area contributed by atoms with Crippen LogP contribution in [0.2, 0.25) is 0 Å². The molecule has 1 saturated carbocycles. The van der Waals surface area contributed by atoms with Crippen LogP contribution in [0, 0.1) is 17.3 Å². The Labute approximate surface area is 71.0 Å². The van der Waals surface area contributed by atoms with Gasteiger partial charge in [0.2, 0.25) is 5.91 Å². The molecule has 1 rings (SSSR count). The molecule has 0 aromatic rings. The van der Waals surface area contributed by atoms with Crippen molar-refractivity contribution in [3.63, 3.8) is 0 Å². The van der Waals surface area contributed by atoms with Gasteiger partial charge in [-0.3, -0.25) is 9.59 Å². The van der Waals surface area contributed by atoms with Crippen LogP contribution < -0.4 is 5.32 Å². The van der Waals surface area contributed by atoms with E-state index in [1.807, 2.05) is 0 Å². The lowest BCUT2D eigenvalue weighted by Crippen LogP contribution is -2.22. The van der Waals surface area contributed by atoms with E-state index in [9.17, 15) is 9.59 Å². The SMILES string of the molecule is CNC(=O)C1C(C(=O)O)C1(C)C. The summed E-state index contributed by atoms with van der Waals surface area (Å²) >= 11 is 0. The number of carbonyl (C=O) groups is 2. The van der Waals surface area contributed by atoms with Gasteiger partial charge in [0.15, 0.2) is 0 Å². The summed E-state index contributed by atoms with van der Waals surface area (Å²) < 4.78 is 0. The van der Waals surface area contributed by atoms with Crippen molar-refractivity contribution in [1.82, 2.24) is 5.32 Å². The van der Waals surface area contributed by atoms with Crippen LogP contribution in [0.4, 0.5) is 0 Å². The summed E-state index contributed by atoms with van der Waals surface area (Å²) in [5.41, 5.74) is -0.383. The topological polar surface area (TPSA) is 66.4 Å². The van der Waals surface area contributed by atoms with Crippen LogP contribution in [0.5, 0.6) is 0 Å². The molecule has 68 valence electrons. The zero-order valence-electron chi connectivity index (χ0n) is 7.42. The van der Waals surface area contributed by atoms with E-state index in [4.69, 9.17) is 5.11 Å². The smallest absolute Gasteiger partial charge is 0.307 e. The average molecular weight is 171 g/mol. The number of hydrogen-bond acceptors (Lipinski definition) is 2. The van der Waals surface area contributed by atoms with Crippen LogP contribution in [0.15, 0.2) is 0 Å². The molecule has 0 spiro atoms. The Morgan fingerprint density at radius 3 is 2.08 bits per heavy atom. The molecular weight excluding hydrogens is 158 g/mol. The Kier molecular flexibility index (Phi) is 1.86. The minimum atomic E-state index is -0.881. The molecule has 4 nitrogen and oxygen atoms in total. The fraction of sp³-hybridized carbons (Fsp3) is 0.750. The number of carbonyl (C=O) groups excluding carboxylic acids is 1. The highest BCUT2D eigenvalue weighted by molar-refractivity contribution is 5.91. The number of amides is 1. The van der Waals surface area contributed by atoms with E-state index >= 15 is 0 Å². The van der Waals surface area contributed by atoms with Crippen LogP contribution in [0.1, 0.15) is 13.8 Å². The third-order valence-electron chi connectivity index (χ3n) is 2.62. The van der Waals surface area contributed by atoms with Gasteiger partial charge in [-0.25, -0.2) is 0 Å². The highest BCUT2D eigenvalue weighted by Crippen LogP contribution is 2.58. The number of hydrogen-bond donors (Lipinski definition) is 2. The second kappa shape index (κ2) is 2.47. The first-order valence-electron chi connectivity index (χ1n) is 3.87. The molecule has 2 unspecified atom stereocenters. The predicted octanol–water partition coefficient (Wildman–Crippen LogP) is 0.0892. The highest BCUT2D eigenvalue weighted by atomic mass is 16.4. The molecule has 1 aliphatic rings. The Hall–Kier alpha value is -1.06. The molecule has 0 heterocycles. The van der Waals surface area contributed by atoms with Crippen molar-refractivity contribution in [3.05, 3.63) is 0 Å². The first kappa shape index (κ1) is 9.03. The Morgan fingerprint density at radius 1 is 1.33 bits per heavy atom. The van der Waals surface area contributed by atoms with Gasteiger partial charge >= 0.3 is 5.97 Å². The van der Waals surface area contributed by atoms with E-state index in [1.165, 1.54) is 7.05 Å². The van der Waals surface area contributed by atoms with Crippen LogP contribution in [0.25, 0.3) is 0 Å². The summed E-state index contributed by atoms with van der Waals surface area (Å²) in [5, 5.41) is 11.2. The van der Waals surface area contributed by atoms with Gasteiger partial charge in [-0.05, 0) is 5.41 Å². The van der Waals surface area contributed by atoms with Gasteiger partial charge in [0.1, 0.15) is 0 Å². The van der Waals surface area contributed by atoms with Gasteiger partial charge in [0, 0.05) is 7.05 Å². The minimum absolute atomic E-state index is 0.174. The molecule has 4 heteroatoms. The van der Waals surface area contributed by atoms with Crippen LogP contribution in [-0.4, -0.2) is 24.0 Å². The molecule has 0 aliphatic heterocycles. The third-order valence-corrected chi connectivity index (χ3v) is 2.62. The molecular formula is C8H13NO3. The highest BCUT2D eigenvalue weighted by Gasteiger charge is 2.65. The van der Waals surface area contributed by atoms with Gasteiger partial charge in [0.25, 0.3) is 0 Å². The maximum Gasteiger partial charge on any atom is 0.307 e. The van der Waals surface area contributed by atoms with Crippen molar-refractivity contribution in [2.75, 3.05) is 7.05 Å². The quantitative estimate of drug-likeness (QED) is 0.618. The molecule has 2 N–H and O–H groups in total. The van der Waals surface area contributed by atoms with E-state index < -0.39 is 11.9 Å². The average Bonchev–Trinajstić information content (AvgIpc) is 2.52. The van der Waals surface area contributed by atoms with E-state index in [1.54, 1.807) is 13.8 Å². The minimum Gasteiger partial charge on any atom is -0.481 e. The van der Waals surface area contributed by atoms with Crippen molar-refractivity contribution < 1.29 is 14.7 Å². The summed E-state index contributed by atoms with van der Waals surface area (Å²) in [5.74, 6) is -1.93. The van der Waals surface area contributed by atoms with E-state index in [-0.39, 0.29) is 17.2 Å². The van der Waals surface area contributed by atoms with E-state index in [2.05, 4.69) is 5.32 Å². The van der Waals surface area contributed by atoms with Gasteiger partial charge in [-0.2, -0.15) is 0 Å². The lowest BCUT2D eigenvalue weighted by atomic mass is 10.1. The van der Waals surface area contributed by atoms with Gasteiger partial charge in [-0.1, -0.05) is 13.8 Å². The van der Waals surface area contributed by atoms with Crippen LogP contribution in [0.3, 0.4) is 0 Å². The van der Waals surface area contributed by atoms with E-state index in [0.717, 1.165) is 0 Å². The largest absolute Gasteiger partial charge is 0.481 e.